The molecule has 0 radical (unpaired) electrons. The van der Waals surface area contributed by atoms with E-state index in [0.29, 0.717) is 6.54 Å². The third-order valence-corrected chi connectivity index (χ3v) is 1.39. The second-order valence-corrected chi connectivity index (χ2v) is 3.80. The first kappa shape index (κ1) is 11.4. The summed E-state index contributed by atoms with van der Waals surface area (Å²) >= 11 is 0. The molecule has 0 bridgehead atoms. The fraction of sp³-hybridized carbons (Fsp3) is 0.875. The first-order chi connectivity index (χ1) is 5.24. The van der Waals surface area contributed by atoms with Crippen molar-refractivity contribution in [3.05, 3.63) is 0 Å². The Hall–Kier alpha value is -0.610. The van der Waals surface area contributed by atoms with Crippen LogP contribution in [0.5, 0.6) is 0 Å². The van der Waals surface area contributed by atoms with Gasteiger partial charge in [-0.25, -0.2) is 0 Å². The van der Waals surface area contributed by atoms with Crippen molar-refractivity contribution in [1.29, 1.82) is 0 Å². The molecule has 0 aromatic carbocycles. The lowest BCUT2D eigenvalue weighted by atomic mass is 10.1. The number of nitrogens with two attached hydrogens (primary N) is 1. The van der Waals surface area contributed by atoms with Crippen molar-refractivity contribution in [3.8, 4) is 0 Å². The molecule has 3 N–H and O–H groups in total. The fourth-order valence-electron chi connectivity index (χ4n) is 1.01. The molecule has 0 saturated carbocycles. The van der Waals surface area contributed by atoms with Gasteiger partial charge in [0.25, 0.3) is 0 Å². The Morgan fingerprint density at radius 1 is 1.67 bits per heavy atom. The molecule has 12 heavy (non-hydrogen) atoms. The zero-order valence-electron chi connectivity index (χ0n) is 8.16. The number of amides is 1. The highest BCUT2D eigenvalue weighted by molar-refractivity contribution is 5.80. The summed E-state index contributed by atoms with van der Waals surface area (Å²) in [6.07, 6.45) is 0. The first-order valence-corrected chi connectivity index (χ1v) is 3.97. The Labute approximate surface area is 73.3 Å². The van der Waals surface area contributed by atoms with E-state index in [-0.39, 0.29) is 5.91 Å². The van der Waals surface area contributed by atoms with Gasteiger partial charge in [-0.1, -0.05) is 0 Å². The van der Waals surface area contributed by atoms with Crippen LogP contribution in [0, 0.1) is 0 Å². The van der Waals surface area contributed by atoms with E-state index in [1.807, 2.05) is 0 Å². The second-order valence-electron chi connectivity index (χ2n) is 3.80. The largest absolute Gasteiger partial charge is 0.389 e. The van der Waals surface area contributed by atoms with Gasteiger partial charge >= 0.3 is 0 Å². The molecule has 0 aromatic rings. The SMILES string of the molecule is CC(N)C(=O)N(C)CC(C)(C)O. The summed E-state index contributed by atoms with van der Waals surface area (Å²) in [7, 11) is 1.63. The number of carbonyl (C=O) groups excluding carboxylic acids is 1. The van der Waals surface area contributed by atoms with Crippen molar-refractivity contribution in [2.45, 2.75) is 32.4 Å². The van der Waals surface area contributed by atoms with Crippen LogP contribution in [0.25, 0.3) is 0 Å². The molecule has 0 aliphatic carbocycles. The molecular formula is C8H18N2O2. The highest BCUT2D eigenvalue weighted by Gasteiger charge is 2.20. The molecule has 0 rings (SSSR count). The van der Waals surface area contributed by atoms with Gasteiger partial charge in [0, 0.05) is 13.6 Å². The summed E-state index contributed by atoms with van der Waals surface area (Å²) in [5, 5.41) is 9.38. The maximum absolute atomic E-state index is 11.2. The summed E-state index contributed by atoms with van der Waals surface area (Å²) in [6, 6.07) is -0.502. The van der Waals surface area contributed by atoms with Crippen LogP contribution in [-0.2, 0) is 4.79 Å². The Morgan fingerprint density at radius 3 is 2.33 bits per heavy atom. The number of hydrogen-bond acceptors (Lipinski definition) is 3. The van der Waals surface area contributed by atoms with Gasteiger partial charge in [0.05, 0.1) is 11.6 Å². The van der Waals surface area contributed by atoms with Crippen LogP contribution in [-0.4, -0.2) is 41.1 Å². The second kappa shape index (κ2) is 3.87. The average molecular weight is 174 g/mol. The molecule has 4 nitrogen and oxygen atoms in total. The van der Waals surface area contributed by atoms with Gasteiger partial charge in [-0.2, -0.15) is 0 Å². The summed E-state index contributed by atoms with van der Waals surface area (Å²) in [4.78, 5) is 12.6. The van der Waals surface area contributed by atoms with Crippen molar-refractivity contribution < 1.29 is 9.90 Å². The van der Waals surface area contributed by atoms with Gasteiger partial charge in [-0.05, 0) is 20.8 Å². The molecule has 1 amide bonds. The number of aliphatic hydroxyl groups is 1. The van der Waals surface area contributed by atoms with Crippen molar-refractivity contribution >= 4 is 5.91 Å². The summed E-state index contributed by atoms with van der Waals surface area (Å²) in [5.74, 6) is -0.155. The van der Waals surface area contributed by atoms with Gasteiger partial charge in [-0.3, -0.25) is 4.79 Å². The van der Waals surface area contributed by atoms with E-state index >= 15 is 0 Å². The lowest BCUT2D eigenvalue weighted by molar-refractivity contribution is -0.133. The molecule has 0 heterocycles. The average Bonchev–Trinajstić information content (AvgIpc) is 1.82. The Kier molecular flexibility index (Phi) is 3.67. The maximum atomic E-state index is 11.2. The van der Waals surface area contributed by atoms with E-state index in [0.717, 1.165) is 0 Å². The lowest BCUT2D eigenvalue weighted by Gasteiger charge is -2.26. The minimum atomic E-state index is -0.862. The third kappa shape index (κ3) is 4.31. The van der Waals surface area contributed by atoms with E-state index in [4.69, 9.17) is 5.73 Å². The van der Waals surface area contributed by atoms with Crippen LogP contribution in [0.15, 0.2) is 0 Å². The quantitative estimate of drug-likeness (QED) is 0.609. The highest BCUT2D eigenvalue weighted by Crippen LogP contribution is 2.03. The molecule has 0 aliphatic heterocycles. The Morgan fingerprint density at radius 2 is 2.08 bits per heavy atom. The minimum absolute atomic E-state index is 0.155. The van der Waals surface area contributed by atoms with Crippen LogP contribution in [0.4, 0.5) is 0 Å². The lowest BCUT2D eigenvalue weighted by Crippen LogP contribution is -2.45. The Bertz CT molecular complexity index is 161. The first-order valence-electron chi connectivity index (χ1n) is 3.97. The van der Waals surface area contributed by atoms with E-state index in [1.165, 1.54) is 4.90 Å². The van der Waals surface area contributed by atoms with Crippen molar-refractivity contribution in [2.75, 3.05) is 13.6 Å². The number of nitrogens with zero attached hydrogens (tertiary/aromatic N) is 1. The predicted molar refractivity (Wildman–Crippen MR) is 47.6 cm³/mol. The zero-order valence-corrected chi connectivity index (χ0v) is 8.16. The number of rotatable bonds is 3. The molecule has 0 aliphatic rings. The smallest absolute Gasteiger partial charge is 0.239 e. The molecule has 0 spiro atoms. The molecule has 1 atom stereocenters. The highest BCUT2D eigenvalue weighted by atomic mass is 16.3. The van der Waals surface area contributed by atoms with Crippen molar-refractivity contribution in [1.82, 2.24) is 4.90 Å². The standard InChI is InChI=1S/C8H18N2O2/c1-6(9)7(11)10(4)5-8(2,3)12/h6,12H,5,9H2,1-4H3. The predicted octanol–water partition coefficient (Wildman–Crippen LogP) is -0.437. The summed E-state index contributed by atoms with van der Waals surface area (Å²) in [6.45, 7) is 5.23. The van der Waals surface area contributed by atoms with Gasteiger partial charge in [-0.15, -0.1) is 0 Å². The van der Waals surface area contributed by atoms with Crippen LogP contribution < -0.4 is 5.73 Å². The third-order valence-electron chi connectivity index (χ3n) is 1.39. The van der Waals surface area contributed by atoms with Crippen LogP contribution in [0.1, 0.15) is 20.8 Å². The van der Waals surface area contributed by atoms with Crippen molar-refractivity contribution in [2.24, 2.45) is 5.73 Å². The van der Waals surface area contributed by atoms with E-state index in [9.17, 15) is 9.90 Å². The van der Waals surface area contributed by atoms with Crippen LogP contribution in [0.3, 0.4) is 0 Å². The fourth-order valence-corrected chi connectivity index (χ4v) is 1.01. The summed E-state index contributed by atoms with van der Waals surface area (Å²) < 4.78 is 0. The minimum Gasteiger partial charge on any atom is -0.389 e. The monoisotopic (exact) mass is 174 g/mol. The van der Waals surface area contributed by atoms with Gasteiger partial charge in [0.1, 0.15) is 0 Å². The van der Waals surface area contributed by atoms with Crippen LogP contribution >= 0.6 is 0 Å². The molecular weight excluding hydrogens is 156 g/mol. The van der Waals surface area contributed by atoms with Gasteiger partial charge in [0.2, 0.25) is 5.91 Å². The van der Waals surface area contributed by atoms with Gasteiger partial charge < -0.3 is 15.7 Å². The zero-order chi connectivity index (χ0) is 9.94. The topological polar surface area (TPSA) is 66.6 Å². The molecule has 0 fully saturated rings. The van der Waals surface area contributed by atoms with E-state index < -0.39 is 11.6 Å². The molecule has 4 heteroatoms. The number of hydrogen-bond donors (Lipinski definition) is 2. The maximum Gasteiger partial charge on any atom is 0.239 e. The van der Waals surface area contributed by atoms with Crippen molar-refractivity contribution in [3.63, 3.8) is 0 Å². The number of likely N-dealkylation sites (N-methyl/N-ethyl adjacent to an activating group) is 1. The molecule has 1 unspecified atom stereocenters. The number of carbonyl (C=O) groups is 1. The molecule has 0 saturated heterocycles. The molecule has 72 valence electrons. The normalized spacial score (nSPS) is 14.2. The molecule has 0 aromatic heterocycles. The van der Waals surface area contributed by atoms with E-state index in [1.54, 1.807) is 27.8 Å². The summed E-state index contributed by atoms with van der Waals surface area (Å²) in [5.41, 5.74) is 4.52. The van der Waals surface area contributed by atoms with Crippen LogP contribution in [0.2, 0.25) is 0 Å². The van der Waals surface area contributed by atoms with E-state index in [2.05, 4.69) is 0 Å². The Balaban J connectivity index is 4.05. The van der Waals surface area contributed by atoms with Gasteiger partial charge in [0.15, 0.2) is 0 Å².